The van der Waals surface area contributed by atoms with Crippen molar-refractivity contribution in [2.75, 3.05) is 11.1 Å². The zero-order valence-electron chi connectivity index (χ0n) is 11.8. The fourth-order valence-corrected chi connectivity index (χ4v) is 1.81. The summed E-state index contributed by atoms with van der Waals surface area (Å²) in [7, 11) is 1.67. The van der Waals surface area contributed by atoms with E-state index in [0.29, 0.717) is 17.1 Å². The summed E-state index contributed by atoms with van der Waals surface area (Å²) < 4.78 is 6.98. The lowest BCUT2D eigenvalue weighted by atomic mass is 10.2. The molecule has 0 saturated carbocycles. The van der Waals surface area contributed by atoms with Crippen molar-refractivity contribution in [1.29, 1.82) is 0 Å². The second-order valence-corrected chi connectivity index (χ2v) is 4.72. The summed E-state index contributed by atoms with van der Waals surface area (Å²) in [4.78, 5) is 12.1. The molecule has 1 amide bonds. The summed E-state index contributed by atoms with van der Waals surface area (Å²) in [6.07, 6.45) is 1.57. The first-order valence-electron chi connectivity index (χ1n) is 6.33. The van der Waals surface area contributed by atoms with Crippen molar-refractivity contribution in [3.8, 4) is 5.75 Å². The maximum Gasteiger partial charge on any atom is 0.276 e. The van der Waals surface area contributed by atoms with E-state index in [1.807, 2.05) is 26.0 Å². The molecule has 0 atom stereocenters. The summed E-state index contributed by atoms with van der Waals surface area (Å²) >= 11 is 0. The van der Waals surface area contributed by atoms with Crippen LogP contribution in [0.3, 0.4) is 0 Å². The van der Waals surface area contributed by atoms with E-state index in [9.17, 15) is 4.79 Å². The number of nitrogens with two attached hydrogens (primary N) is 1. The quantitative estimate of drug-likeness (QED) is 0.893. The molecule has 0 aliphatic carbocycles. The van der Waals surface area contributed by atoms with Crippen LogP contribution in [-0.2, 0) is 7.05 Å². The summed E-state index contributed by atoms with van der Waals surface area (Å²) in [5.41, 5.74) is 7.08. The van der Waals surface area contributed by atoms with Crippen LogP contribution in [0.4, 0.5) is 11.4 Å². The van der Waals surface area contributed by atoms with E-state index in [2.05, 4.69) is 10.4 Å². The van der Waals surface area contributed by atoms with Gasteiger partial charge in [0.2, 0.25) is 0 Å². The summed E-state index contributed by atoms with van der Waals surface area (Å²) in [6.45, 7) is 3.92. The van der Waals surface area contributed by atoms with Crippen LogP contribution in [0.15, 0.2) is 30.5 Å². The molecule has 0 bridgehead atoms. The van der Waals surface area contributed by atoms with Crippen molar-refractivity contribution in [1.82, 2.24) is 9.78 Å². The Balaban J connectivity index is 2.09. The maximum atomic E-state index is 12.1. The van der Waals surface area contributed by atoms with Crippen molar-refractivity contribution in [3.05, 3.63) is 36.2 Å². The molecular formula is C14H18N4O2. The lowest BCUT2D eigenvalue weighted by molar-refractivity contribution is 0.101. The van der Waals surface area contributed by atoms with Gasteiger partial charge in [0.15, 0.2) is 0 Å². The van der Waals surface area contributed by atoms with Gasteiger partial charge in [-0.15, -0.1) is 0 Å². The number of aryl methyl sites for hydroxylation is 1. The summed E-state index contributed by atoms with van der Waals surface area (Å²) in [5.74, 6) is 0.470. The van der Waals surface area contributed by atoms with Gasteiger partial charge in [0.25, 0.3) is 5.91 Å². The van der Waals surface area contributed by atoms with Crippen molar-refractivity contribution < 1.29 is 9.53 Å². The zero-order valence-corrected chi connectivity index (χ0v) is 11.8. The minimum Gasteiger partial charge on any atom is -0.491 e. The molecule has 0 aliphatic rings. The Bertz CT molecular complexity index is 583. The first kappa shape index (κ1) is 13.9. The van der Waals surface area contributed by atoms with Crippen LogP contribution >= 0.6 is 0 Å². The molecule has 0 radical (unpaired) electrons. The van der Waals surface area contributed by atoms with Crippen LogP contribution in [0.25, 0.3) is 0 Å². The predicted octanol–water partition coefficient (Wildman–Crippen LogP) is 2.04. The highest BCUT2D eigenvalue weighted by molar-refractivity contribution is 6.06. The zero-order chi connectivity index (χ0) is 14.7. The number of carbonyl (C=O) groups is 1. The van der Waals surface area contributed by atoms with Gasteiger partial charge in [0.05, 0.1) is 18.0 Å². The van der Waals surface area contributed by atoms with Crippen LogP contribution in [0.1, 0.15) is 24.3 Å². The lowest BCUT2D eigenvalue weighted by Crippen LogP contribution is -2.17. The Labute approximate surface area is 117 Å². The third-order valence-electron chi connectivity index (χ3n) is 2.67. The van der Waals surface area contributed by atoms with E-state index in [4.69, 9.17) is 10.5 Å². The number of nitrogen functional groups attached to an aromatic ring is 1. The Morgan fingerprint density at radius 3 is 2.50 bits per heavy atom. The molecule has 1 aromatic carbocycles. The van der Waals surface area contributed by atoms with Gasteiger partial charge in [-0.1, -0.05) is 0 Å². The second-order valence-electron chi connectivity index (χ2n) is 4.72. The third kappa shape index (κ3) is 3.09. The molecule has 0 spiro atoms. The maximum absolute atomic E-state index is 12.1. The number of amides is 1. The van der Waals surface area contributed by atoms with Gasteiger partial charge in [-0.05, 0) is 38.1 Å². The normalized spacial score (nSPS) is 10.6. The number of anilines is 2. The highest BCUT2D eigenvalue weighted by Crippen LogP contribution is 2.18. The summed E-state index contributed by atoms with van der Waals surface area (Å²) in [6, 6.07) is 7.18. The van der Waals surface area contributed by atoms with E-state index in [-0.39, 0.29) is 12.0 Å². The van der Waals surface area contributed by atoms with Gasteiger partial charge in [-0.2, -0.15) is 5.10 Å². The average molecular weight is 274 g/mol. The Morgan fingerprint density at radius 2 is 2.00 bits per heavy atom. The molecule has 0 saturated heterocycles. The topological polar surface area (TPSA) is 82.2 Å². The SMILES string of the molecule is CC(C)Oc1ccc(NC(=O)c2c(N)cnn2C)cc1. The van der Waals surface area contributed by atoms with Crippen molar-refractivity contribution in [2.45, 2.75) is 20.0 Å². The molecule has 0 fully saturated rings. The van der Waals surface area contributed by atoms with E-state index in [1.54, 1.807) is 19.2 Å². The van der Waals surface area contributed by atoms with Crippen LogP contribution in [0.5, 0.6) is 5.75 Å². The number of carbonyl (C=O) groups excluding carboxylic acids is 1. The van der Waals surface area contributed by atoms with Gasteiger partial charge in [0.1, 0.15) is 11.4 Å². The van der Waals surface area contributed by atoms with Crippen molar-refractivity contribution in [3.63, 3.8) is 0 Å². The largest absolute Gasteiger partial charge is 0.491 e. The monoisotopic (exact) mass is 274 g/mol. The molecule has 20 heavy (non-hydrogen) atoms. The molecule has 106 valence electrons. The minimum atomic E-state index is -0.292. The summed E-state index contributed by atoms with van der Waals surface area (Å²) in [5, 5.41) is 6.71. The van der Waals surface area contributed by atoms with Gasteiger partial charge in [0, 0.05) is 12.7 Å². The number of rotatable bonds is 4. The van der Waals surface area contributed by atoms with E-state index in [1.165, 1.54) is 10.9 Å². The van der Waals surface area contributed by atoms with Gasteiger partial charge in [-0.25, -0.2) is 0 Å². The number of hydrogen-bond donors (Lipinski definition) is 2. The molecule has 2 rings (SSSR count). The molecule has 1 heterocycles. The molecule has 0 unspecified atom stereocenters. The number of ether oxygens (including phenoxy) is 1. The fourth-order valence-electron chi connectivity index (χ4n) is 1.81. The first-order valence-corrected chi connectivity index (χ1v) is 6.33. The number of hydrogen-bond acceptors (Lipinski definition) is 4. The third-order valence-corrected chi connectivity index (χ3v) is 2.67. The van der Waals surface area contributed by atoms with E-state index < -0.39 is 0 Å². The van der Waals surface area contributed by atoms with E-state index in [0.717, 1.165) is 5.75 Å². The number of aromatic nitrogens is 2. The molecule has 1 aromatic heterocycles. The predicted molar refractivity (Wildman–Crippen MR) is 77.8 cm³/mol. The Morgan fingerprint density at radius 1 is 1.35 bits per heavy atom. The van der Waals surface area contributed by atoms with Crippen LogP contribution in [-0.4, -0.2) is 21.8 Å². The lowest BCUT2D eigenvalue weighted by Gasteiger charge is -2.11. The smallest absolute Gasteiger partial charge is 0.276 e. The minimum absolute atomic E-state index is 0.115. The standard InChI is InChI=1S/C14H18N4O2/c1-9(2)20-11-6-4-10(5-7-11)17-14(19)13-12(15)8-16-18(13)3/h4-9H,15H2,1-3H3,(H,17,19). The van der Waals surface area contributed by atoms with Gasteiger partial charge < -0.3 is 15.8 Å². The van der Waals surface area contributed by atoms with Crippen LogP contribution in [0, 0.1) is 0 Å². The highest BCUT2D eigenvalue weighted by Gasteiger charge is 2.14. The molecular weight excluding hydrogens is 256 g/mol. The average Bonchev–Trinajstić information content (AvgIpc) is 2.71. The molecule has 6 heteroatoms. The van der Waals surface area contributed by atoms with E-state index >= 15 is 0 Å². The van der Waals surface area contributed by atoms with Gasteiger partial charge >= 0.3 is 0 Å². The van der Waals surface area contributed by atoms with Crippen LogP contribution < -0.4 is 15.8 Å². The molecule has 3 N–H and O–H groups in total. The highest BCUT2D eigenvalue weighted by atomic mass is 16.5. The number of nitrogens with one attached hydrogen (secondary N) is 1. The Hall–Kier alpha value is -2.50. The fraction of sp³-hybridized carbons (Fsp3) is 0.286. The van der Waals surface area contributed by atoms with Gasteiger partial charge in [-0.3, -0.25) is 9.48 Å². The van der Waals surface area contributed by atoms with Crippen molar-refractivity contribution in [2.24, 2.45) is 7.05 Å². The van der Waals surface area contributed by atoms with Crippen molar-refractivity contribution >= 4 is 17.3 Å². The first-order chi connectivity index (χ1) is 9.47. The molecule has 2 aromatic rings. The number of benzene rings is 1. The van der Waals surface area contributed by atoms with Crippen LogP contribution in [0.2, 0.25) is 0 Å². The second kappa shape index (κ2) is 5.64. The Kier molecular flexibility index (Phi) is 3.93. The molecule has 0 aliphatic heterocycles. The molecule has 6 nitrogen and oxygen atoms in total. The number of nitrogens with zero attached hydrogens (tertiary/aromatic N) is 2.